The van der Waals surface area contributed by atoms with Gasteiger partial charge in [-0.05, 0) is 38.0 Å². The van der Waals surface area contributed by atoms with Crippen LogP contribution in [0.15, 0.2) is 9.59 Å². The summed E-state index contributed by atoms with van der Waals surface area (Å²) in [7, 11) is 0. The van der Waals surface area contributed by atoms with E-state index in [0.717, 1.165) is 19.3 Å². The highest BCUT2D eigenvalue weighted by molar-refractivity contribution is 5.97. The van der Waals surface area contributed by atoms with Gasteiger partial charge in [-0.25, -0.2) is 4.79 Å². The van der Waals surface area contributed by atoms with Crippen molar-refractivity contribution in [2.45, 2.75) is 59.9 Å². The van der Waals surface area contributed by atoms with Gasteiger partial charge < -0.3 is 15.4 Å². The van der Waals surface area contributed by atoms with Gasteiger partial charge in [0.1, 0.15) is 5.82 Å². The molecule has 1 aliphatic rings. The van der Waals surface area contributed by atoms with E-state index < -0.39 is 11.2 Å². The molecule has 1 aromatic heterocycles. The number of ether oxygens (including phenoxy) is 1. The Morgan fingerprint density at radius 2 is 1.91 bits per heavy atom. The lowest BCUT2D eigenvalue weighted by molar-refractivity contribution is -0.144. The lowest BCUT2D eigenvalue weighted by Gasteiger charge is -2.28. The van der Waals surface area contributed by atoms with E-state index in [0.29, 0.717) is 32.0 Å². The number of hydrogen-bond donors (Lipinski definition) is 2. The molecule has 3 N–H and O–H groups in total. The van der Waals surface area contributed by atoms with E-state index in [1.54, 1.807) is 11.8 Å². The van der Waals surface area contributed by atoms with Crippen molar-refractivity contribution in [1.82, 2.24) is 14.5 Å². The maximum Gasteiger partial charge on any atom is 0.330 e. The van der Waals surface area contributed by atoms with Crippen LogP contribution in [-0.2, 0) is 20.9 Å². The van der Waals surface area contributed by atoms with E-state index in [1.807, 2.05) is 20.8 Å². The molecule has 1 saturated carbocycles. The molecule has 1 amide bonds. The van der Waals surface area contributed by atoms with Gasteiger partial charge in [0, 0.05) is 19.6 Å². The SMILES string of the molecule is CCCCN(C(=O)CN(CC(=O)OCC)CC1CC1)c1c(N)n(CC(C)C)c(=O)[nH]c1=O. The number of H-pyrrole nitrogens is 1. The molecule has 180 valence electrons. The summed E-state index contributed by atoms with van der Waals surface area (Å²) in [6.07, 6.45) is 3.61. The van der Waals surface area contributed by atoms with Gasteiger partial charge in [0.2, 0.25) is 5.91 Å². The van der Waals surface area contributed by atoms with Crippen molar-refractivity contribution in [3.63, 3.8) is 0 Å². The van der Waals surface area contributed by atoms with Crippen molar-refractivity contribution in [2.24, 2.45) is 11.8 Å². The number of anilines is 2. The number of amides is 1. The Balaban J connectivity index is 2.35. The van der Waals surface area contributed by atoms with Gasteiger partial charge >= 0.3 is 11.7 Å². The number of unbranched alkanes of at least 4 members (excludes halogenated alkanes) is 1. The van der Waals surface area contributed by atoms with E-state index in [1.165, 1.54) is 9.47 Å². The summed E-state index contributed by atoms with van der Waals surface area (Å²) in [6.45, 7) is 9.06. The van der Waals surface area contributed by atoms with Gasteiger partial charge in [-0.2, -0.15) is 0 Å². The second-order valence-corrected chi connectivity index (χ2v) is 8.81. The summed E-state index contributed by atoms with van der Waals surface area (Å²) in [6, 6.07) is 0. The fourth-order valence-corrected chi connectivity index (χ4v) is 3.58. The molecule has 1 fully saturated rings. The molecule has 2 rings (SSSR count). The Morgan fingerprint density at radius 1 is 1.22 bits per heavy atom. The zero-order valence-electron chi connectivity index (χ0n) is 19.7. The minimum Gasteiger partial charge on any atom is -0.465 e. The van der Waals surface area contributed by atoms with Crippen molar-refractivity contribution < 1.29 is 14.3 Å². The topological polar surface area (TPSA) is 131 Å². The van der Waals surface area contributed by atoms with E-state index in [-0.39, 0.29) is 49.0 Å². The predicted octanol–water partition coefficient (Wildman–Crippen LogP) is 1.18. The van der Waals surface area contributed by atoms with Gasteiger partial charge in [-0.1, -0.05) is 27.2 Å². The van der Waals surface area contributed by atoms with Crippen LogP contribution in [0.1, 0.15) is 53.4 Å². The molecule has 0 aromatic carbocycles. The number of nitrogens with zero attached hydrogens (tertiary/aromatic N) is 3. The third-order valence-corrected chi connectivity index (χ3v) is 5.30. The third kappa shape index (κ3) is 7.22. The number of esters is 1. The molecule has 0 atom stereocenters. The molecule has 10 heteroatoms. The normalized spacial score (nSPS) is 13.6. The van der Waals surface area contributed by atoms with Crippen LogP contribution >= 0.6 is 0 Å². The maximum absolute atomic E-state index is 13.4. The zero-order valence-corrected chi connectivity index (χ0v) is 19.7. The monoisotopic (exact) mass is 451 g/mol. The van der Waals surface area contributed by atoms with Gasteiger partial charge in [-0.3, -0.25) is 28.8 Å². The third-order valence-electron chi connectivity index (χ3n) is 5.30. The van der Waals surface area contributed by atoms with Crippen LogP contribution in [0.3, 0.4) is 0 Å². The fraction of sp³-hybridized carbons (Fsp3) is 0.727. The van der Waals surface area contributed by atoms with Crippen LogP contribution in [0, 0.1) is 11.8 Å². The molecular formula is C22H37N5O5. The first-order valence-electron chi connectivity index (χ1n) is 11.5. The first kappa shape index (κ1) is 25.6. The van der Waals surface area contributed by atoms with Gasteiger partial charge in [0.05, 0.1) is 19.7 Å². The highest BCUT2D eigenvalue weighted by Crippen LogP contribution is 2.29. The second-order valence-electron chi connectivity index (χ2n) is 8.81. The Kier molecular flexibility index (Phi) is 9.49. The Labute approximate surface area is 188 Å². The Bertz CT molecular complexity index is 903. The molecule has 32 heavy (non-hydrogen) atoms. The zero-order chi connectivity index (χ0) is 23.8. The van der Waals surface area contributed by atoms with Crippen LogP contribution < -0.4 is 21.9 Å². The van der Waals surface area contributed by atoms with Crippen LogP contribution in [0.2, 0.25) is 0 Å². The van der Waals surface area contributed by atoms with E-state index in [2.05, 4.69) is 4.98 Å². The molecule has 1 heterocycles. The maximum atomic E-state index is 13.4. The van der Waals surface area contributed by atoms with Crippen molar-refractivity contribution in [2.75, 3.05) is 43.4 Å². The highest BCUT2D eigenvalue weighted by Gasteiger charge is 2.30. The van der Waals surface area contributed by atoms with Crippen LogP contribution in [-0.4, -0.2) is 59.1 Å². The van der Waals surface area contributed by atoms with Gasteiger partial charge in [0.15, 0.2) is 5.69 Å². The quantitative estimate of drug-likeness (QED) is 0.431. The van der Waals surface area contributed by atoms with Crippen molar-refractivity contribution in [3.8, 4) is 0 Å². The standard InChI is InChI=1S/C22H37N5O5/c1-5-7-10-26(19-20(23)27(11-15(3)4)22(31)24-21(19)30)17(28)13-25(12-16-8-9-16)14-18(29)32-6-2/h15-16H,5-14,23H2,1-4H3,(H,24,30,31). The van der Waals surface area contributed by atoms with Crippen LogP contribution in [0.4, 0.5) is 11.5 Å². The van der Waals surface area contributed by atoms with Crippen LogP contribution in [0.25, 0.3) is 0 Å². The van der Waals surface area contributed by atoms with Crippen molar-refractivity contribution in [3.05, 3.63) is 20.8 Å². The Hall–Kier alpha value is -2.62. The number of aromatic nitrogens is 2. The number of carbonyl (C=O) groups is 2. The van der Waals surface area contributed by atoms with Gasteiger partial charge in [-0.15, -0.1) is 0 Å². The first-order chi connectivity index (χ1) is 15.2. The number of carbonyl (C=O) groups excluding carboxylic acids is 2. The molecular weight excluding hydrogens is 414 g/mol. The van der Waals surface area contributed by atoms with Crippen molar-refractivity contribution in [1.29, 1.82) is 0 Å². The fourth-order valence-electron chi connectivity index (χ4n) is 3.58. The summed E-state index contributed by atoms with van der Waals surface area (Å²) < 4.78 is 6.35. The number of nitrogen functional groups attached to an aromatic ring is 1. The molecule has 1 aliphatic carbocycles. The Morgan fingerprint density at radius 3 is 2.47 bits per heavy atom. The largest absolute Gasteiger partial charge is 0.465 e. The number of aromatic amines is 1. The summed E-state index contributed by atoms with van der Waals surface area (Å²) >= 11 is 0. The molecule has 1 aromatic rings. The smallest absolute Gasteiger partial charge is 0.330 e. The highest BCUT2D eigenvalue weighted by atomic mass is 16.5. The first-order valence-corrected chi connectivity index (χ1v) is 11.5. The summed E-state index contributed by atoms with van der Waals surface area (Å²) in [5.74, 6) is -0.162. The van der Waals surface area contributed by atoms with Gasteiger partial charge in [0.25, 0.3) is 5.56 Å². The van der Waals surface area contributed by atoms with E-state index in [4.69, 9.17) is 10.5 Å². The lowest BCUT2D eigenvalue weighted by atomic mass is 10.2. The molecule has 0 bridgehead atoms. The number of hydrogen-bond acceptors (Lipinski definition) is 7. The molecule has 0 radical (unpaired) electrons. The number of nitrogens with one attached hydrogen (secondary N) is 1. The van der Waals surface area contributed by atoms with E-state index in [9.17, 15) is 19.2 Å². The minimum absolute atomic E-state index is 0.00814. The summed E-state index contributed by atoms with van der Waals surface area (Å²) in [4.78, 5) is 55.9. The molecule has 0 spiro atoms. The second kappa shape index (κ2) is 11.8. The van der Waals surface area contributed by atoms with E-state index >= 15 is 0 Å². The molecule has 10 nitrogen and oxygen atoms in total. The summed E-state index contributed by atoms with van der Waals surface area (Å²) in [5, 5.41) is 0. The average Bonchev–Trinajstić information content (AvgIpc) is 3.51. The summed E-state index contributed by atoms with van der Waals surface area (Å²) in [5.41, 5.74) is 4.96. The predicted molar refractivity (Wildman–Crippen MR) is 124 cm³/mol. The molecule has 0 saturated heterocycles. The lowest BCUT2D eigenvalue weighted by Crippen LogP contribution is -2.47. The van der Waals surface area contributed by atoms with Crippen LogP contribution in [0.5, 0.6) is 0 Å². The average molecular weight is 452 g/mol. The molecule has 0 aliphatic heterocycles. The number of rotatable bonds is 13. The van der Waals surface area contributed by atoms with Crippen molar-refractivity contribution >= 4 is 23.4 Å². The molecule has 0 unspecified atom stereocenters. The number of nitrogens with two attached hydrogens (primary N) is 1. The minimum atomic E-state index is -0.684.